The molecule has 0 fully saturated rings. The van der Waals surface area contributed by atoms with Crippen molar-refractivity contribution in [3.63, 3.8) is 0 Å². The summed E-state index contributed by atoms with van der Waals surface area (Å²) in [7, 11) is 0. The highest BCUT2D eigenvalue weighted by atomic mass is 16.3. The van der Waals surface area contributed by atoms with E-state index >= 15 is 0 Å². The molecule has 1 N–H and O–H groups in total. The second kappa shape index (κ2) is 3.38. The van der Waals surface area contributed by atoms with Gasteiger partial charge in [0.2, 0.25) is 0 Å². The van der Waals surface area contributed by atoms with Crippen LogP contribution in [0.5, 0.6) is 0 Å². The number of benzene rings is 1. The van der Waals surface area contributed by atoms with Gasteiger partial charge in [0.05, 0.1) is 11.9 Å². The fraction of sp³-hybridized carbons (Fsp3) is 0.385. The molecule has 2 nitrogen and oxygen atoms in total. The Morgan fingerprint density at radius 2 is 2.07 bits per heavy atom. The molecule has 0 atom stereocenters. The molecule has 1 aromatic heterocycles. The zero-order chi connectivity index (χ0) is 11.1. The van der Waals surface area contributed by atoms with Crippen molar-refractivity contribution in [2.45, 2.75) is 32.8 Å². The van der Waals surface area contributed by atoms with Gasteiger partial charge in [-0.3, -0.25) is 0 Å². The van der Waals surface area contributed by atoms with E-state index in [1.807, 2.05) is 32.9 Å². The van der Waals surface area contributed by atoms with Crippen LogP contribution in [0.1, 0.15) is 25.0 Å². The average molecular weight is 204 g/mol. The monoisotopic (exact) mass is 204 g/mol. The van der Waals surface area contributed by atoms with Gasteiger partial charge in [-0.05, 0) is 38.0 Å². The molecule has 0 unspecified atom stereocenters. The number of aryl methyl sites for hydroxylation is 1. The van der Waals surface area contributed by atoms with Crippen LogP contribution < -0.4 is 0 Å². The summed E-state index contributed by atoms with van der Waals surface area (Å²) in [6.07, 6.45) is 2.40. The van der Waals surface area contributed by atoms with Gasteiger partial charge >= 0.3 is 0 Å². The Morgan fingerprint density at radius 1 is 1.33 bits per heavy atom. The second-order valence-corrected chi connectivity index (χ2v) is 4.74. The molecule has 0 amide bonds. The van der Waals surface area contributed by atoms with Crippen LogP contribution in [0.2, 0.25) is 0 Å². The van der Waals surface area contributed by atoms with E-state index in [1.54, 1.807) is 6.26 Å². The van der Waals surface area contributed by atoms with Crippen molar-refractivity contribution < 1.29 is 9.52 Å². The van der Waals surface area contributed by atoms with Gasteiger partial charge in [0.1, 0.15) is 5.58 Å². The summed E-state index contributed by atoms with van der Waals surface area (Å²) in [4.78, 5) is 0. The van der Waals surface area contributed by atoms with Crippen molar-refractivity contribution in [3.8, 4) is 0 Å². The first kappa shape index (κ1) is 10.2. The molecule has 0 aliphatic heterocycles. The predicted molar refractivity (Wildman–Crippen MR) is 61.0 cm³/mol. The second-order valence-electron chi connectivity index (χ2n) is 4.74. The third kappa shape index (κ3) is 2.21. The van der Waals surface area contributed by atoms with Gasteiger partial charge in [-0.2, -0.15) is 0 Å². The van der Waals surface area contributed by atoms with Crippen molar-refractivity contribution in [1.82, 2.24) is 0 Å². The molecular weight excluding hydrogens is 188 g/mol. The van der Waals surface area contributed by atoms with Crippen LogP contribution in [0.3, 0.4) is 0 Å². The van der Waals surface area contributed by atoms with E-state index in [1.165, 1.54) is 0 Å². The van der Waals surface area contributed by atoms with E-state index in [-0.39, 0.29) is 0 Å². The van der Waals surface area contributed by atoms with Crippen molar-refractivity contribution >= 4 is 11.0 Å². The fourth-order valence-electron chi connectivity index (χ4n) is 1.81. The Bertz CT molecular complexity index is 475. The smallest absolute Gasteiger partial charge is 0.134 e. The van der Waals surface area contributed by atoms with E-state index in [0.29, 0.717) is 6.42 Å². The van der Waals surface area contributed by atoms with Crippen LogP contribution in [-0.4, -0.2) is 10.7 Å². The maximum atomic E-state index is 9.72. The maximum Gasteiger partial charge on any atom is 0.134 e. The summed E-state index contributed by atoms with van der Waals surface area (Å²) >= 11 is 0. The quantitative estimate of drug-likeness (QED) is 0.815. The molecule has 15 heavy (non-hydrogen) atoms. The fourth-order valence-corrected chi connectivity index (χ4v) is 1.81. The van der Waals surface area contributed by atoms with Crippen LogP contribution >= 0.6 is 0 Å². The summed E-state index contributed by atoms with van der Waals surface area (Å²) in [5, 5.41) is 10.9. The topological polar surface area (TPSA) is 33.4 Å². The van der Waals surface area contributed by atoms with E-state index in [4.69, 9.17) is 4.42 Å². The van der Waals surface area contributed by atoms with Gasteiger partial charge in [-0.15, -0.1) is 0 Å². The summed E-state index contributed by atoms with van der Waals surface area (Å²) < 4.78 is 5.42. The summed E-state index contributed by atoms with van der Waals surface area (Å²) in [5.41, 5.74) is 2.48. The SMILES string of the molecule is Cc1coc2cc(CC(C)(C)O)ccc12. The van der Waals surface area contributed by atoms with E-state index in [2.05, 4.69) is 6.07 Å². The Morgan fingerprint density at radius 3 is 2.73 bits per heavy atom. The molecule has 0 aliphatic carbocycles. The molecule has 1 heterocycles. The number of hydrogen-bond acceptors (Lipinski definition) is 2. The molecule has 80 valence electrons. The molecule has 0 spiro atoms. The van der Waals surface area contributed by atoms with E-state index in [9.17, 15) is 5.11 Å². The first-order valence-corrected chi connectivity index (χ1v) is 5.15. The molecule has 0 aliphatic rings. The number of furan rings is 1. The lowest BCUT2D eigenvalue weighted by Gasteiger charge is -2.16. The Kier molecular flexibility index (Phi) is 2.31. The normalized spacial score (nSPS) is 12.3. The molecule has 2 rings (SSSR count). The van der Waals surface area contributed by atoms with E-state index < -0.39 is 5.60 Å². The van der Waals surface area contributed by atoms with Gasteiger partial charge in [0.15, 0.2) is 0 Å². The predicted octanol–water partition coefficient (Wildman–Crippen LogP) is 3.05. The Balaban J connectivity index is 2.39. The number of aliphatic hydroxyl groups is 1. The highest BCUT2D eigenvalue weighted by molar-refractivity contribution is 5.81. The van der Waals surface area contributed by atoms with Gasteiger partial charge < -0.3 is 9.52 Å². The molecule has 2 heteroatoms. The van der Waals surface area contributed by atoms with E-state index in [0.717, 1.165) is 22.1 Å². The number of hydrogen-bond donors (Lipinski definition) is 1. The number of rotatable bonds is 2. The van der Waals surface area contributed by atoms with Crippen LogP contribution in [0, 0.1) is 6.92 Å². The van der Waals surface area contributed by atoms with Crippen LogP contribution in [0.25, 0.3) is 11.0 Å². The van der Waals surface area contributed by atoms with Crippen molar-refractivity contribution in [3.05, 3.63) is 35.6 Å². The first-order valence-electron chi connectivity index (χ1n) is 5.15. The summed E-state index contributed by atoms with van der Waals surface area (Å²) in [6.45, 7) is 5.65. The third-order valence-corrected chi connectivity index (χ3v) is 2.47. The Labute approximate surface area is 89.5 Å². The zero-order valence-corrected chi connectivity index (χ0v) is 9.37. The lowest BCUT2D eigenvalue weighted by Crippen LogP contribution is -2.21. The summed E-state index contributed by atoms with van der Waals surface area (Å²) in [6, 6.07) is 6.10. The molecule has 1 aromatic carbocycles. The van der Waals surface area contributed by atoms with Crippen molar-refractivity contribution in [2.24, 2.45) is 0 Å². The zero-order valence-electron chi connectivity index (χ0n) is 9.37. The highest BCUT2D eigenvalue weighted by Gasteiger charge is 2.14. The van der Waals surface area contributed by atoms with Crippen molar-refractivity contribution in [1.29, 1.82) is 0 Å². The molecule has 0 bridgehead atoms. The maximum absolute atomic E-state index is 9.72. The van der Waals surface area contributed by atoms with Gasteiger partial charge in [-0.1, -0.05) is 12.1 Å². The standard InChI is InChI=1S/C13H16O2/c1-9-8-15-12-6-10(4-5-11(9)12)7-13(2,3)14/h4-6,8,14H,7H2,1-3H3. The third-order valence-electron chi connectivity index (χ3n) is 2.47. The molecule has 0 saturated carbocycles. The van der Waals surface area contributed by atoms with Crippen LogP contribution in [-0.2, 0) is 6.42 Å². The minimum atomic E-state index is -0.671. The molecule has 2 aromatic rings. The van der Waals surface area contributed by atoms with Crippen molar-refractivity contribution in [2.75, 3.05) is 0 Å². The van der Waals surface area contributed by atoms with Crippen LogP contribution in [0.4, 0.5) is 0 Å². The Hall–Kier alpha value is -1.28. The van der Waals surface area contributed by atoms with Crippen LogP contribution in [0.15, 0.2) is 28.9 Å². The van der Waals surface area contributed by atoms with Gasteiger partial charge in [0, 0.05) is 11.8 Å². The lowest BCUT2D eigenvalue weighted by molar-refractivity contribution is 0.0810. The van der Waals surface area contributed by atoms with Gasteiger partial charge in [0.25, 0.3) is 0 Å². The highest BCUT2D eigenvalue weighted by Crippen LogP contribution is 2.23. The largest absolute Gasteiger partial charge is 0.464 e. The summed E-state index contributed by atoms with van der Waals surface area (Å²) in [5.74, 6) is 0. The van der Waals surface area contributed by atoms with Gasteiger partial charge in [-0.25, -0.2) is 0 Å². The molecular formula is C13H16O2. The molecule has 0 radical (unpaired) electrons. The first-order chi connectivity index (χ1) is 6.96. The lowest BCUT2D eigenvalue weighted by atomic mass is 9.98. The minimum absolute atomic E-state index is 0.642. The minimum Gasteiger partial charge on any atom is -0.464 e. The average Bonchev–Trinajstić information content (AvgIpc) is 2.45. The number of fused-ring (bicyclic) bond motifs is 1. The molecule has 0 saturated heterocycles.